The Balaban J connectivity index is 0.861. The number of carbonyl (C=O) groups is 7. The van der Waals surface area contributed by atoms with Crippen molar-refractivity contribution in [2.75, 3.05) is 70.7 Å². The van der Waals surface area contributed by atoms with E-state index < -0.39 is 41.4 Å². The van der Waals surface area contributed by atoms with Gasteiger partial charge in [-0.05, 0) is 43.2 Å². The molecule has 4 aliphatic rings. The third kappa shape index (κ3) is 8.04. The van der Waals surface area contributed by atoms with Crippen LogP contribution in [-0.4, -0.2) is 123 Å². The van der Waals surface area contributed by atoms with E-state index in [1.807, 2.05) is 6.07 Å². The number of hydrogen-bond acceptors (Lipinski definition) is 12. The quantitative estimate of drug-likeness (QED) is 0.131. The summed E-state index contributed by atoms with van der Waals surface area (Å²) >= 11 is 6.41. The molecule has 3 aliphatic heterocycles. The van der Waals surface area contributed by atoms with Gasteiger partial charge in [0.1, 0.15) is 24.3 Å². The van der Waals surface area contributed by atoms with Crippen molar-refractivity contribution in [3.05, 3.63) is 58.1 Å². The lowest BCUT2D eigenvalue weighted by Gasteiger charge is -2.36. The van der Waals surface area contributed by atoms with Crippen molar-refractivity contribution in [1.82, 2.24) is 15.1 Å². The maximum Gasteiger partial charge on any atom is 0.262 e. The van der Waals surface area contributed by atoms with E-state index in [2.05, 4.69) is 15.1 Å². The van der Waals surface area contributed by atoms with Gasteiger partial charge in [-0.25, -0.2) is 0 Å². The predicted molar refractivity (Wildman–Crippen MR) is 182 cm³/mol. The van der Waals surface area contributed by atoms with Crippen molar-refractivity contribution >= 4 is 58.3 Å². The Morgan fingerprint density at radius 1 is 0.804 bits per heavy atom. The normalized spacial score (nSPS) is 20.2. The van der Waals surface area contributed by atoms with Gasteiger partial charge in [-0.1, -0.05) is 17.7 Å². The number of carbonyl (C=O) groups excluding carboxylic acids is 7. The van der Waals surface area contributed by atoms with Gasteiger partial charge in [-0.2, -0.15) is 0 Å². The first kappa shape index (κ1) is 36.3. The van der Waals surface area contributed by atoms with Crippen LogP contribution in [0.4, 0.5) is 5.69 Å². The van der Waals surface area contributed by atoms with Crippen LogP contribution in [0.5, 0.6) is 5.75 Å². The molecule has 51 heavy (non-hydrogen) atoms. The number of nitrogens with one attached hydrogen (secondary N) is 1. The molecule has 2 saturated heterocycles. The number of piperidine rings is 1. The van der Waals surface area contributed by atoms with Crippen molar-refractivity contribution in [3.63, 3.8) is 0 Å². The van der Waals surface area contributed by atoms with E-state index >= 15 is 0 Å². The molecule has 1 aliphatic carbocycles. The number of halogens is 1. The van der Waals surface area contributed by atoms with Crippen LogP contribution in [0.1, 0.15) is 63.2 Å². The van der Waals surface area contributed by atoms with Crippen LogP contribution in [0.15, 0.2) is 36.4 Å². The molecule has 15 heteroatoms. The number of ether oxygens (including phenoxy) is 3. The molecule has 2 aromatic carbocycles. The van der Waals surface area contributed by atoms with Gasteiger partial charge in [0.2, 0.25) is 11.8 Å². The molecule has 6 rings (SSSR count). The largest absolute Gasteiger partial charge is 0.490 e. The molecular weight excluding hydrogens is 684 g/mol. The molecule has 0 bridgehead atoms. The van der Waals surface area contributed by atoms with E-state index in [9.17, 15) is 33.6 Å². The van der Waals surface area contributed by atoms with E-state index in [1.165, 1.54) is 6.07 Å². The van der Waals surface area contributed by atoms with Gasteiger partial charge in [-0.3, -0.25) is 48.7 Å². The molecule has 1 N–H and O–H groups in total. The Morgan fingerprint density at radius 2 is 1.49 bits per heavy atom. The number of fused-ring (bicyclic) bond motifs is 1. The summed E-state index contributed by atoms with van der Waals surface area (Å²) in [6.07, 6.45) is 1.07. The Hall–Kier alpha value is -4.50. The third-order valence-corrected chi connectivity index (χ3v) is 9.94. The first-order valence-electron chi connectivity index (χ1n) is 17.1. The standard InChI is InChI=1S/C36H39ClN4O10/c37-32-24(33(45)31-27(42)4-2-5-28(31)43)3-1-6-29(32)51-20-19-50-18-17-49-16-15-39-11-13-40(14-12-39)22-7-8-23-25(21-22)36(48)41(35(23)47)26-9-10-30(44)38-34(26)46/h1,3,6-8,21,26,31H,2,4-5,9-20H2,(H,38,44,46). The monoisotopic (exact) mass is 722 g/mol. The summed E-state index contributed by atoms with van der Waals surface area (Å²) in [5.74, 6) is -4.42. The molecule has 270 valence electrons. The Bertz CT molecular complexity index is 1720. The van der Waals surface area contributed by atoms with Crippen molar-refractivity contribution in [2.24, 2.45) is 5.92 Å². The second-order valence-electron chi connectivity index (χ2n) is 12.8. The van der Waals surface area contributed by atoms with Crippen LogP contribution in [0.3, 0.4) is 0 Å². The Morgan fingerprint density at radius 3 is 2.22 bits per heavy atom. The number of anilines is 1. The number of Topliss-reactive ketones (excluding diaryl/α,β-unsaturated/α-hetero) is 3. The Labute approximate surface area is 299 Å². The van der Waals surface area contributed by atoms with Crippen LogP contribution in [0.2, 0.25) is 5.02 Å². The smallest absolute Gasteiger partial charge is 0.262 e. The minimum Gasteiger partial charge on any atom is -0.490 e. The second-order valence-corrected chi connectivity index (χ2v) is 13.2. The summed E-state index contributed by atoms with van der Waals surface area (Å²) < 4.78 is 17.0. The molecule has 4 amide bonds. The fraction of sp³-hybridized carbons (Fsp3) is 0.472. The predicted octanol–water partition coefficient (Wildman–Crippen LogP) is 2.10. The minimum atomic E-state index is -1.29. The molecule has 3 heterocycles. The van der Waals surface area contributed by atoms with E-state index in [1.54, 1.807) is 24.3 Å². The number of nitrogens with zero attached hydrogens (tertiary/aromatic N) is 3. The van der Waals surface area contributed by atoms with E-state index in [0.717, 1.165) is 43.3 Å². The van der Waals surface area contributed by atoms with Crippen molar-refractivity contribution in [3.8, 4) is 5.75 Å². The van der Waals surface area contributed by atoms with Gasteiger partial charge in [0, 0.05) is 63.2 Å². The number of benzene rings is 2. The number of imide groups is 2. The summed E-state index contributed by atoms with van der Waals surface area (Å²) in [6, 6.07) is 8.87. The van der Waals surface area contributed by atoms with Crippen molar-refractivity contribution in [1.29, 1.82) is 0 Å². The SMILES string of the molecule is O=C1CCC(N2C(=O)c3ccc(N4CCN(CCOCCOCCOc5cccc(C(=O)C6C(=O)CCCC6=O)c5Cl)CC4)cc3C2=O)C(=O)N1. The fourth-order valence-electron chi connectivity index (χ4n) is 6.78. The molecule has 0 radical (unpaired) electrons. The molecule has 1 unspecified atom stereocenters. The van der Waals surface area contributed by atoms with Crippen LogP contribution < -0.4 is 15.0 Å². The van der Waals surface area contributed by atoms with E-state index in [4.69, 9.17) is 25.8 Å². The summed E-state index contributed by atoms with van der Waals surface area (Å²) in [5.41, 5.74) is 1.45. The lowest BCUT2D eigenvalue weighted by atomic mass is 9.81. The van der Waals surface area contributed by atoms with Crippen LogP contribution >= 0.6 is 11.6 Å². The third-order valence-electron chi connectivity index (χ3n) is 9.55. The number of hydrogen-bond donors (Lipinski definition) is 1. The molecule has 2 aromatic rings. The molecular formula is C36H39ClN4O10. The van der Waals surface area contributed by atoms with Crippen LogP contribution in [0.25, 0.3) is 0 Å². The zero-order valence-electron chi connectivity index (χ0n) is 28.0. The lowest BCUT2D eigenvalue weighted by Crippen LogP contribution is -2.54. The summed E-state index contributed by atoms with van der Waals surface area (Å²) in [7, 11) is 0. The fourth-order valence-corrected chi connectivity index (χ4v) is 7.05. The first-order chi connectivity index (χ1) is 24.6. The highest BCUT2D eigenvalue weighted by molar-refractivity contribution is 6.37. The van der Waals surface area contributed by atoms with Crippen LogP contribution in [-0.2, 0) is 28.7 Å². The molecule has 14 nitrogen and oxygen atoms in total. The highest BCUT2D eigenvalue weighted by Crippen LogP contribution is 2.33. The zero-order valence-corrected chi connectivity index (χ0v) is 28.8. The molecule has 3 fully saturated rings. The van der Waals surface area contributed by atoms with Gasteiger partial charge < -0.3 is 19.1 Å². The number of piperazine rings is 1. The number of amides is 4. The maximum absolute atomic E-state index is 13.2. The average molecular weight is 723 g/mol. The van der Waals surface area contributed by atoms with Gasteiger partial charge >= 0.3 is 0 Å². The molecule has 1 atom stereocenters. The topological polar surface area (TPSA) is 169 Å². The van der Waals surface area contributed by atoms with Gasteiger partial charge in [0.15, 0.2) is 17.3 Å². The van der Waals surface area contributed by atoms with Gasteiger partial charge in [-0.15, -0.1) is 0 Å². The molecule has 0 spiro atoms. The van der Waals surface area contributed by atoms with E-state index in [0.29, 0.717) is 26.2 Å². The minimum absolute atomic E-state index is 0.0649. The summed E-state index contributed by atoms with van der Waals surface area (Å²) in [6.45, 7) is 5.46. The summed E-state index contributed by atoms with van der Waals surface area (Å²) in [4.78, 5) is 92.8. The van der Waals surface area contributed by atoms with Crippen LogP contribution in [0, 0.1) is 5.92 Å². The zero-order chi connectivity index (χ0) is 36.1. The van der Waals surface area contributed by atoms with Gasteiger partial charge in [0.05, 0.1) is 42.6 Å². The molecule has 1 saturated carbocycles. The maximum atomic E-state index is 13.2. The number of ketones is 3. The van der Waals surface area contributed by atoms with E-state index in [-0.39, 0.29) is 77.9 Å². The van der Waals surface area contributed by atoms with Gasteiger partial charge in [0.25, 0.3) is 11.8 Å². The summed E-state index contributed by atoms with van der Waals surface area (Å²) in [5, 5.41) is 2.28. The van der Waals surface area contributed by atoms with Crippen molar-refractivity contribution in [2.45, 2.75) is 38.1 Å². The first-order valence-corrected chi connectivity index (χ1v) is 17.5. The van der Waals surface area contributed by atoms with Crippen molar-refractivity contribution < 1.29 is 47.8 Å². The average Bonchev–Trinajstić information content (AvgIpc) is 3.36. The lowest BCUT2D eigenvalue weighted by molar-refractivity contribution is -0.137. The highest BCUT2D eigenvalue weighted by Gasteiger charge is 2.45. The highest BCUT2D eigenvalue weighted by atomic mass is 35.5. The Kier molecular flexibility index (Phi) is 11.6. The number of rotatable bonds is 14. The second kappa shape index (κ2) is 16.2. The molecule has 0 aromatic heterocycles.